The van der Waals surface area contributed by atoms with E-state index in [1.54, 1.807) is 11.8 Å². The summed E-state index contributed by atoms with van der Waals surface area (Å²) < 4.78 is 0. The third-order valence-electron chi connectivity index (χ3n) is 4.90. The lowest BCUT2D eigenvalue weighted by Crippen LogP contribution is -2.36. The normalized spacial score (nSPS) is 25.7. The maximum atomic E-state index is 9.61. The van der Waals surface area contributed by atoms with Gasteiger partial charge in [0.25, 0.3) is 0 Å². The van der Waals surface area contributed by atoms with Crippen LogP contribution < -0.4 is 4.90 Å². The fourth-order valence-electron chi connectivity index (χ4n) is 3.70. The second kappa shape index (κ2) is 6.29. The van der Waals surface area contributed by atoms with E-state index >= 15 is 0 Å². The van der Waals surface area contributed by atoms with Gasteiger partial charge in [-0.3, -0.25) is 4.90 Å². The summed E-state index contributed by atoms with van der Waals surface area (Å²) in [5.74, 6) is 1.01. The van der Waals surface area contributed by atoms with Gasteiger partial charge in [-0.2, -0.15) is 5.26 Å². The Kier molecular flexibility index (Phi) is 4.42. The standard InChI is InChI=1S/C17H23N3S/c1-3-21-17-6-4-5-16(15(17)11-18)20-10-9-13-7-8-14(12-20)19(13)2/h4-6,13-14H,3,7-10,12H2,1-2H3. The Bertz CT molecular complexity index is 551. The van der Waals surface area contributed by atoms with E-state index in [4.69, 9.17) is 0 Å². The Morgan fingerprint density at radius 2 is 2.10 bits per heavy atom. The third-order valence-corrected chi connectivity index (χ3v) is 5.84. The van der Waals surface area contributed by atoms with Crippen molar-refractivity contribution in [2.45, 2.75) is 43.2 Å². The number of fused-ring (bicyclic) bond motifs is 2. The molecular formula is C17H23N3S. The number of likely N-dealkylation sites (N-methyl/N-ethyl adjacent to an activating group) is 1. The number of hydrogen-bond donors (Lipinski definition) is 0. The largest absolute Gasteiger partial charge is 0.369 e. The van der Waals surface area contributed by atoms with Crippen molar-refractivity contribution in [2.24, 2.45) is 0 Å². The van der Waals surface area contributed by atoms with E-state index < -0.39 is 0 Å². The number of thioether (sulfide) groups is 1. The molecule has 2 saturated heterocycles. The van der Waals surface area contributed by atoms with Crippen molar-refractivity contribution in [2.75, 3.05) is 30.8 Å². The number of hydrogen-bond acceptors (Lipinski definition) is 4. The molecule has 2 aliphatic rings. The summed E-state index contributed by atoms with van der Waals surface area (Å²) in [6, 6.07) is 10.1. The smallest absolute Gasteiger partial charge is 0.103 e. The first-order valence-electron chi connectivity index (χ1n) is 7.87. The van der Waals surface area contributed by atoms with Crippen LogP contribution in [0.2, 0.25) is 0 Å². The molecule has 2 aliphatic heterocycles. The average molecular weight is 301 g/mol. The minimum absolute atomic E-state index is 0.645. The minimum atomic E-state index is 0.645. The maximum absolute atomic E-state index is 9.61. The highest BCUT2D eigenvalue weighted by Crippen LogP contribution is 2.34. The van der Waals surface area contributed by atoms with Crippen molar-refractivity contribution in [3.63, 3.8) is 0 Å². The Hall–Kier alpha value is -1.18. The highest BCUT2D eigenvalue weighted by molar-refractivity contribution is 7.99. The van der Waals surface area contributed by atoms with Gasteiger partial charge in [-0.15, -0.1) is 11.8 Å². The monoisotopic (exact) mass is 301 g/mol. The maximum Gasteiger partial charge on any atom is 0.103 e. The van der Waals surface area contributed by atoms with Gasteiger partial charge in [-0.05, 0) is 44.2 Å². The van der Waals surface area contributed by atoms with Gasteiger partial charge in [-0.1, -0.05) is 13.0 Å². The molecule has 0 N–H and O–H groups in total. The first-order valence-corrected chi connectivity index (χ1v) is 8.86. The van der Waals surface area contributed by atoms with E-state index in [1.807, 2.05) is 0 Å². The second-order valence-electron chi connectivity index (χ2n) is 5.98. The predicted octanol–water partition coefficient (Wildman–Crippen LogP) is 3.34. The number of nitrogens with zero attached hydrogens (tertiary/aromatic N) is 3. The Morgan fingerprint density at radius 3 is 2.86 bits per heavy atom. The summed E-state index contributed by atoms with van der Waals surface area (Å²) in [6.07, 6.45) is 3.85. The van der Waals surface area contributed by atoms with Crippen molar-refractivity contribution < 1.29 is 0 Å². The van der Waals surface area contributed by atoms with Crippen LogP contribution in [-0.2, 0) is 0 Å². The van der Waals surface area contributed by atoms with Crippen LogP contribution in [0.4, 0.5) is 5.69 Å². The van der Waals surface area contributed by atoms with Crippen LogP contribution in [0.1, 0.15) is 31.7 Å². The van der Waals surface area contributed by atoms with Crippen LogP contribution in [0, 0.1) is 11.3 Å². The minimum Gasteiger partial charge on any atom is -0.369 e. The van der Waals surface area contributed by atoms with Gasteiger partial charge in [0.2, 0.25) is 0 Å². The lowest BCUT2D eigenvalue weighted by molar-refractivity contribution is 0.254. The molecule has 2 heterocycles. The fraction of sp³-hybridized carbons (Fsp3) is 0.588. The molecule has 2 atom stereocenters. The van der Waals surface area contributed by atoms with Crippen LogP contribution in [0.15, 0.2) is 23.1 Å². The van der Waals surface area contributed by atoms with Crippen LogP contribution >= 0.6 is 11.8 Å². The summed E-state index contributed by atoms with van der Waals surface area (Å²) in [4.78, 5) is 6.12. The molecule has 0 saturated carbocycles. The molecule has 4 heteroatoms. The van der Waals surface area contributed by atoms with Gasteiger partial charge in [0.05, 0.1) is 11.3 Å². The predicted molar refractivity (Wildman–Crippen MR) is 89.0 cm³/mol. The molecule has 3 rings (SSSR count). The summed E-state index contributed by atoms with van der Waals surface area (Å²) in [6.45, 7) is 4.26. The van der Waals surface area contributed by atoms with E-state index in [1.165, 1.54) is 19.3 Å². The first-order chi connectivity index (χ1) is 10.2. The lowest BCUT2D eigenvalue weighted by Gasteiger charge is -2.28. The van der Waals surface area contributed by atoms with Crippen molar-refractivity contribution in [1.82, 2.24) is 4.90 Å². The summed E-state index contributed by atoms with van der Waals surface area (Å²) in [5, 5.41) is 9.61. The number of anilines is 1. The van der Waals surface area contributed by atoms with Gasteiger partial charge in [0.15, 0.2) is 0 Å². The molecule has 2 bridgehead atoms. The SMILES string of the molecule is CCSc1cccc(N2CCC3CCC(C2)N3C)c1C#N. The molecule has 0 spiro atoms. The highest BCUT2D eigenvalue weighted by Gasteiger charge is 2.35. The van der Waals surface area contributed by atoms with E-state index in [9.17, 15) is 5.26 Å². The second-order valence-corrected chi connectivity index (χ2v) is 7.29. The molecule has 1 aromatic carbocycles. The molecule has 21 heavy (non-hydrogen) atoms. The lowest BCUT2D eigenvalue weighted by atomic mass is 10.1. The van der Waals surface area contributed by atoms with Crippen molar-refractivity contribution >= 4 is 17.4 Å². The molecule has 0 aliphatic carbocycles. The van der Waals surface area contributed by atoms with E-state index in [0.717, 1.165) is 41.0 Å². The molecule has 2 unspecified atom stereocenters. The molecule has 112 valence electrons. The average Bonchev–Trinajstić information content (AvgIpc) is 2.72. The summed E-state index contributed by atoms with van der Waals surface area (Å²) in [5.41, 5.74) is 2.00. The van der Waals surface area contributed by atoms with Crippen molar-refractivity contribution in [3.05, 3.63) is 23.8 Å². The summed E-state index contributed by atoms with van der Waals surface area (Å²) in [7, 11) is 2.26. The Labute approximate surface area is 131 Å². The molecular weight excluding hydrogens is 278 g/mol. The van der Waals surface area contributed by atoms with Gasteiger partial charge < -0.3 is 4.90 Å². The summed E-state index contributed by atoms with van der Waals surface area (Å²) >= 11 is 1.77. The molecule has 1 aromatic rings. The zero-order valence-corrected chi connectivity index (χ0v) is 13.7. The molecule has 2 fully saturated rings. The fourth-order valence-corrected chi connectivity index (χ4v) is 4.48. The van der Waals surface area contributed by atoms with E-state index in [-0.39, 0.29) is 0 Å². The molecule has 0 aromatic heterocycles. The van der Waals surface area contributed by atoms with Crippen molar-refractivity contribution in [3.8, 4) is 6.07 Å². The first kappa shape index (κ1) is 14.7. The Morgan fingerprint density at radius 1 is 1.29 bits per heavy atom. The number of benzene rings is 1. The van der Waals surface area contributed by atoms with Crippen molar-refractivity contribution in [1.29, 1.82) is 5.26 Å². The van der Waals surface area contributed by atoms with E-state index in [2.05, 4.69) is 48.0 Å². The van der Waals surface area contributed by atoms with Gasteiger partial charge in [0.1, 0.15) is 6.07 Å². The van der Waals surface area contributed by atoms with Gasteiger partial charge >= 0.3 is 0 Å². The van der Waals surface area contributed by atoms with Crippen LogP contribution in [-0.4, -0.2) is 42.9 Å². The third kappa shape index (κ3) is 2.77. The zero-order valence-electron chi connectivity index (χ0n) is 12.9. The molecule has 3 nitrogen and oxygen atoms in total. The van der Waals surface area contributed by atoms with Crippen LogP contribution in [0.5, 0.6) is 0 Å². The highest BCUT2D eigenvalue weighted by atomic mass is 32.2. The zero-order chi connectivity index (χ0) is 14.8. The quantitative estimate of drug-likeness (QED) is 0.801. The van der Waals surface area contributed by atoms with Crippen LogP contribution in [0.3, 0.4) is 0 Å². The number of rotatable bonds is 3. The Balaban J connectivity index is 1.90. The number of nitriles is 1. The van der Waals surface area contributed by atoms with Gasteiger partial charge in [-0.25, -0.2) is 0 Å². The molecule has 0 amide bonds. The van der Waals surface area contributed by atoms with E-state index in [0.29, 0.717) is 6.04 Å². The van der Waals surface area contributed by atoms with Gasteiger partial charge in [0, 0.05) is 30.1 Å². The topological polar surface area (TPSA) is 30.3 Å². The van der Waals surface area contributed by atoms with Crippen LogP contribution in [0.25, 0.3) is 0 Å². The molecule has 0 radical (unpaired) electrons.